The van der Waals surface area contributed by atoms with E-state index in [9.17, 15) is 4.79 Å². The minimum Gasteiger partial charge on any atom is -0.350 e. The van der Waals surface area contributed by atoms with E-state index < -0.39 is 0 Å². The highest BCUT2D eigenvalue weighted by Crippen LogP contribution is 2.28. The number of nitrogens with zero attached hydrogens (tertiary/aromatic N) is 3. The number of para-hydroxylation sites is 1. The van der Waals surface area contributed by atoms with Crippen molar-refractivity contribution in [3.63, 3.8) is 0 Å². The van der Waals surface area contributed by atoms with Crippen LogP contribution in [-0.4, -0.2) is 26.6 Å². The molecule has 3 heterocycles. The molecule has 1 amide bonds. The Kier molecular flexibility index (Phi) is 3.00. The molecule has 0 unspecified atom stereocenters. The van der Waals surface area contributed by atoms with Crippen LogP contribution in [0.15, 0.2) is 67.0 Å². The Morgan fingerprint density at radius 2 is 1.76 bits per heavy atom. The van der Waals surface area contributed by atoms with Gasteiger partial charge in [-0.15, -0.1) is 0 Å². The molecular weight excluding hydrogens is 312 g/mol. The van der Waals surface area contributed by atoms with Crippen LogP contribution in [0.3, 0.4) is 0 Å². The molecule has 4 aromatic rings. The smallest absolute Gasteiger partial charge is 0.253 e. The first-order valence-corrected chi connectivity index (χ1v) is 8.32. The molecule has 0 aliphatic carbocycles. The van der Waals surface area contributed by atoms with E-state index in [0.29, 0.717) is 18.7 Å². The third-order valence-electron chi connectivity index (χ3n) is 4.66. The first-order valence-electron chi connectivity index (χ1n) is 8.32. The normalized spacial score (nSPS) is 13.7. The molecule has 122 valence electrons. The molecule has 5 heteroatoms. The molecule has 0 saturated heterocycles. The van der Waals surface area contributed by atoms with Crippen LogP contribution in [0.2, 0.25) is 0 Å². The predicted octanol–water partition coefficient (Wildman–Crippen LogP) is 3.24. The molecule has 1 aliphatic rings. The minimum atomic E-state index is -0.0289. The van der Waals surface area contributed by atoms with E-state index in [0.717, 1.165) is 28.1 Å². The van der Waals surface area contributed by atoms with E-state index in [2.05, 4.69) is 38.7 Å². The van der Waals surface area contributed by atoms with Crippen molar-refractivity contribution in [1.82, 2.24) is 19.4 Å². The molecule has 1 aliphatic heterocycles. The monoisotopic (exact) mass is 328 g/mol. The lowest BCUT2D eigenvalue weighted by molar-refractivity contribution is 0.0956. The van der Waals surface area contributed by atoms with Gasteiger partial charge in [0.2, 0.25) is 0 Å². The van der Waals surface area contributed by atoms with Gasteiger partial charge in [0, 0.05) is 36.7 Å². The van der Waals surface area contributed by atoms with Crippen LogP contribution in [0.5, 0.6) is 0 Å². The van der Waals surface area contributed by atoms with E-state index in [1.54, 1.807) is 0 Å². The van der Waals surface area contributed by atoms with Gasteiger partial charge in [-0.05, 0) is 48.5 Å². The second-order valence-corrected chi connectivity index (χ2v) is 6.15. The summed E-state index contributed by atoms with van der Waals surface area (Å²) in [5, 5.41) is 2.95. The molecule has 2 aromatic carbocycles. The molecule has 0 spiro atoms. The number of benzene rings is 2. The molecule has 0 fully saturated rings. The fourth-order valence-corrected chi connectivity index (χ4v) is 3.47. The zero-order chi connectivity index (χ0) is 16.8. The van der Waals surface area contributed by atoms with Crippen molar-refractivity contribution >= 4 is 16.9 Å². The Labute approximate surface area is 144 Å². The van der Waals surface area contributed by atoms with Crippen molar-refractivity contribution in [2.45, 2.75) is 6.54 Å². The maximum Gasteiger partial charge on any atom is 0.253 e. The number of aromatic nitrogens is 3. The van der Waals surface area contributed by atoms with Gasteiger partial charge in [0.05, 0.1) is 16.6 Å². The molecular formula is C20H16N4O. The molecule has 0 bridgehead atoms. The van der Waals surface area contributed by atoms with Crippen molar-refractivity contribution in [1.29, 1.82) is 0 Å². The van der Waals surface area contributed by atoms with Gasteiger partial charge in [0.1, 0.15) is 5.82 Å². The number of carbonyl (C=O) groups excluding carboxylic acids is 1. The van der Waals surface area contributed by atoms with Gasteiger partial charge >= 0.3 is 0 Å². The highest BCUT2D eigenvalue weighted by atomic mass is 16.1. The van der Waals surface area contributed by atoms with Gasteiger partial charge in [-0.25, -0.2) is 4.98 Å². The van der Waals surface area contributed by atoms with Crippen molar-refractivity contribution in [3.8, 4) is 17.1 Å². The fraction of sp³-hybridized carbons (Fsp3) is 0.100. The van der Waals surface area contributed by atoms with Gasteiger partial charge in [-0.1, -0.05) is 6.07 Å². The van der Waals surface area contributed by atoms with E-state index >= 15 is 0 Å². The van der Waals surface area contributed by atoms with Crippen LogP contribution in [0.1, 0.15) is 10.4 Å². The fourth-order valence-electron chi connectivity index (χ4n) is 3.47. The van der Waals surface area contributed by atoms with E-state index in [1.165, 1.54) is 0 Å². The topological polar surface area (TPSA) is 51.9 Å². The van der Waals surface area contributed by atoms with Crippen LogP contribution >= 0.6 is 0 Å². The van der Waals surface area contributed by atoms with Gasteiger partial charge in [-0.2, -0.15) is 0 Å². The van der Waals surface area contributed by atoms with Crippen LogP contribution in [0.4, 0.5) is 0 Å². The Morgan fingerprint density at radius 3 is 2.56 bits per heavy atom. The molecule has 1 N–H and O–H groups in total. The zero-order valence-corrected chi connectivity index (χ0v) is 13.5. The average molecular weight is 328 g/mol. The number of rotatable bonds is 2. The first kappa shape index (κ1) is 14.0. The Hall–Kier alpha value is -3.34. The molecule has 0 radical (unpaired) electrons. The summed E-state index contributed by atoms with van der Waals surface area (Å²) in [7, 11) is 0. The molecule has 25 heavy (non-hydrogen) atoms. The summed E-state index contributed by atoms with van der Waals surface area (Å²) in [5.74, 6) is 0.872. The average Bonchev–Trinajstić information content (AvgIpc) is 3.26. The van der Waals surface area contributed by atoms with E-state index in [4.69, 9.17) is 4.98 Å². The van der Waals surface area contributed by atoms with Crippen LogP contribution < -0.4 is 5.32 Å². The predicted molar refractivity (Wildman–Crippen MR) is 96.8 cm³/mol. The van der Waals surface area contributed by atoms with Crippen LogP contribution in [-0.2, 0) is 6.54 Å². The lowest BCUT2D eigenvalue weighted by Crippen LogP contribution is -2.24. The van der Waals surface area contributed by atoms with Crippen molar-refractivity contribution < 1.29 is 4.79 Å². The van der Waals surface area contributed by atoms with E-state index in [1.807, 2.05) is 42.7 Å². The van der Waals surface area contributed by atoms with Crippen molar-refractivity contribution in [2.24, 2.45) is 0 Å². The quantitative estimate of drug-likeness (QED) is 0.614. The lowest BCUT2D eigenvalue weighted by Gasteiger charge is -2.08. The summed E-state index contributed by atoms with van der Waals surface area (Å²) in [6.07, 6.45) is 4.05. The first-order chi connectivity index (χ1) is 12.3. The number of amides is 1. The van der Waals surface area contributed by atoms with Crippen LogP contribution in [0, 0.1) is 0 Å². The summed E-state index contributed by atoms with van der Waals surface area (Å²) in [4.78, 5) is 17.1. The molecule has 2 aromatic heterocycles. The Bertz CT molecular complexity index is 1080. The third kappa shape index (κ3) is 2.16. The highest BCUT2D eigenvalue weighted by molar-refractivity contribution is 6.06. The Morgan fingerprint density at radius 1 is 0.960 bits per heavy atom. The zero-order valence-electron chi connectivity index (χ0n) is 13.5. The number of nitrogens with one attached hydrogen (secondary N) is 1. The second-order valence-electron chi connectivity index (χ2n) is 6.15. The largest absolute Gasteiger partial charge is 0.350 e. The molecule has 5 rings (SSSR count). The maximum absolute atomic E-state index is 12.3. The highest BCUT2D eigenvalue weighted by Gasteiger charge is 2.21. The number of hydrogen-bond acceptors (Lipinski definition) is 2. The maximum atomic E-state index is 12.3. The van der Waals surface area contributed by atoms with Gasteiger partial charge < -0.3 is 14.5 Å². The second kappa shape index (κ2) is 5.34. The molecule has 0 saturated carbocycles. The van der Waals surface area contributed by atoms with Crippen molar-refractivity contribution in [2.75, 3.05) is 6.54 Å². The number of imidazole rings is 1. The van der Waals surface area contributed by atoms with Crippen molar-refractivity contribution in [3.05, 3.63) is 72.6 Å². The summed E-state index contributed by atoms with van der Waals surface area (Å²) >= 11 is 0. The molecule has 5 nitrogen and oxygen atoms in total. The SMILES string of the molecule is O=C1NCCn2c(-c3ccc(-n4cccc4)cc3)nc3cccc1c32. The van der Waals surface area contributed by atoms with Crippen LogP contribution in [0.25, 0.3) is 28.1 Å². The Balaban J connectivity index is 1.67. The summed E-state index contributed by atoms with van der Waals surface area (Å²) in [6.45, 7) is 1.32. The third-order valence-corrected chi connectivity index (χ3v) is 4.66. The number of hydrogen-bond donors (Lipinski definition) is 1. The minimum absolute atomic E-state index is 0.0289. The summed E-state index contributed by atoms with van der Waals surface area (Å²) in [5.41, 5.74) is 4.63. The number of carbonyl (C=O) groups is 1. The van der Waals surface area contributed by atoms with Gasteiger partial charge in [0.25, 0.3) is 5.91 Å². The standard InChI is InChI=1S/C20H16N4O/c25-20-16-4-3-5-17-18(16)24(13-10-21-20)19(22-17)14-6-8-15(9-7-14)23-11-1-2-12-23/h1-9,11-12H,10,13H2,(H,21,25). The summed E-state index contributed by atoms with van der Waals surface area (Å²) in [6, 6.07) is 18.1. The van der Waals surface area contributed by atoms with E-state index in [-0.39, 0.29) is 5.91 Å². The lowest BCUT2D eigenvalue weighted by atomic mass is 10.1. The van der Waals surface area contributed by atoms with Gasteiger partial charge in [0.15, 0.2) is 0 Å². The summed E-state index contributed by atoms with van der Waals surface area (Å²) < 4.78 is 4.22. The molecule has 0 atom stereocenters. The van der Waals surface area contributed by atoms with Gasteiger partial charge in [-0.3, -0.25) is 4.79 Å².